The topological polar surface area (TPSA) is 86.7 Å². The molecule has 0 atom stereocenters. The molecule has 21 heavy (non-hydrogen) atoms. The number of hydrogen-bond acceptors (Lipinski definition) is 4. The fourth-order valence-corrected chi connectivity index (χ4v) is 4.39. The zero-order valence-corrected chi connectivity index (χ0v) is 13.7. The second-order valence-corrected chi connectivity index (χ2v) is 8.65. The molecule has 0 aromatic heterocycles. The van der Waals surface area contributed by atoms with Gasteiger partial charge < -0.3 is 5.11 Å². The van der Waals surface area contributed by atoms with Crippen LogP contribution in [0.3, 0.4) is 0 Å². The van der Waals surface area contributed by atoms with E-state index >= 15 is 0 Å². The third kappa shape index (κ3) is 4.93. The summed E-state index contributed by atoms with van der Waals surface area (Å²) in [5, 5.41) is 8.83. The average molecular weight is 318 g/mol. The molecule has 0 heterocycles. The molecule has 2 aliphatic rings. The van der Waals surface area contributed by atoms with Crippen LogP contribution in [0, 0.1) is 5.41 Å². The van der Waals surface area contributed by atoms with Crippen molar-refractivity contribution in [3.05, 3.63) is 0 Å². The van der Waals surface area contributed by atoms with Crippen LogP contribution < -0.4 is 4.72 Å². The van der Waals surface area contributed by atoms with Gasteiger partial charge in [0.05, 0.1) is 12.3 Å². The quantitative estimate of drug-likeness (QED) is 0.663. The van der Waals surface area contributed by atoms with E-state index in [1.807, 2.05) is 11.8 Å². The maximum atomic E-state index is 12.0. The average Bonchev–Trinajstić information content (AvgIpc) is 3.07. The summed E-state index contributed by atoms with van der Waals surface area (Å²) in [6.45, 7) is 4.76. The minimum absolute atomic E-state index is 0.0268. The third-order valence-corrected chi connectivity index (χ3v) is 6.23. The SMILES string of the molecule is CCN(CC(=O)O)C1CC(NS(=O)(=O)CCC2(C)CC2)C1. The number of carboxylic acids is 1. The van der Waals surface area contributed by atoms with Crippen LogP contribution >= 0.6 is 0 Å². The number of aliphatic carboxylic acids is 1. The van der Waals surface area contributed by atoms with Gasteiger partial charge in [-0.15, -0.1) is 0 Å². The van der Waals surface area contributed by atoms with Crippen molar-refractivity contribution < 1.29 is 18.3 Å². The number of nitrogens with one attached hydrogen (secondary N) is 1. The van der Waals surface area contributed by atoms with Gasteiger partial charge in [0.1, 0.15) is 0 Å². The van der Waals surface area contributed by atoms with Gasteiger partial charge in [-0.1, -0.05) is 13.8 Å². The minimum Gasteiger partial charge on any atom is -0.480 e. The van der Waals surface area contributed by atoms with Crippen LogP contribution in [0.1, 0.15) is 46.0 Å². The molecule has 0 amide bonds. The van der Waals surface area contributed by atoms with Crippen LogP contribution in [0.5, 0.6) is 0 Å². The van der Waals surface area contributed by atoms with Crippen molar-refractivity contribution in [2.45, 2.75) is 58.0 Å². The molecule has 0 aromatic carbocycles. The van der Waals surface area contributed by atoms with Crippen molar-refractivity contribution >= 4 is 16.0 Å². The first-order valence-corrected chi connectivity index (χ1v) is 9.34. The second-order valence-electron chi connectivity index (χ2n) is 6.78. The van der Waals surface area contributed by atoms with Crippen LogP contribution in [-0.2, 0) is 14.8 Å². The predicted molar refractivity (Wildman–Crippen MR) is 80.6 cm³/mol. The lowest BCUT2D eigenvalue weighted by Crippen LogP contribution is -2.55. The predicted octanol–water partition coefficient (Wildman–Crippen LogP) is 1.03. The van der Waals surface area contributed by atoms with E-state index in [2.05, 4.69) is 11.6 Å². The standard InChI is InChI=1S/C14H26N2O4S/c1-3-16(10-13(17)18)12-8-11(9-12)15-21(19,20)7-6-14(2)4-5-14/h11-12,15H,3-10H2,1-2H3,(H,17,18). The van der Waals surface area contributed by atoms with Crippen LogP contribution in [0.15, 0.2) is 0 Å². The molecule has 7 heteroatoms. The number of carboxylic acid groups (broad SMARTS) is 1. The van der Waals surface area contributed by atoms with Gasteiger partial charge in [-0.2, -0.15) is 0 Å². The molecule has 6 nitrogen and oxygen atoms in total. The van der Waals surface area contributed by atoms with Crippen molar-refractivity contribution in [2.75, 3.05) is 18.8 Å². The lowest BCUT2D eigenvalue weighted by Gasteiger charge is -2.42. The summed E-state index contributed by atoms with van der Waals surface area (Å²) in [4.78, 5) is 12.6. The molecular formula is C14H26N2O4S. The second kappa shape index (κ2) is 6.22. The summed E-state index contributed by atoms with van der Waals surface area (Å²) in [5.74, 6) is -0.629. The Morgan fingerprint density at radius 3 is 2.48 bits per heavy atom. The van der Waals surface area contributed by atoms with Gasteiger partial charge in [-0.25, -0.2) is 13.1 Å². The van der Waals surface area contributed by atoms with Gasteiger partial charge in [0.15, 0.2) is 0 Å². The highest BCUT2D eigenvalue weighted by molar-refractivity contribution is 7.89. The van der Waals surface area contributed by atoms with E-state index in [0.717, 1.165) is 19.3 Å². The Kier molecular flexibility index (Phi) is 4.95. The molecule has 0 aromatic rings. The van der Waals surface area contributed by atoms with Gasteiger partial charge in [-0.05, 0) is 44.1 Å². The number of rotatable bonds is 9. The Morgan fingerprint density at radius 1 is 1.38 bits per heavy atom. The van der Waals surface area contributed by atoms with Crippen molar-refractivity contribution in [3.63, 3.8) is 0 Å². The summed E-state index contributed by atoms with van der Waals surface area (Å²) in [6.07, 6.45) is 4.41. The fraction of sp³-hybridized carbons (Fsp3) is 0.929. The molecule has 0 unspecified atom stereocenters. The van der Waals surface area contributed by atoms with E-state index in [1.165, 1.54) is 0 Å². The summed E-state index contributed by atoms with van der Waals surface area (Å²) >= 11 is 0. The highest BCUT2D eigenvalue weighted by Crippen LogP contribution is 2.48. The Balaban J connectivity index is 1.72. The van der Waals surface area contributed by atoms with E-state index in [0.29, 0.717) is 19.4 Å². The summed E-state index contributed by atoms with van der Waals surface area (Å²) in [7, 11) is -3.20. The molecule has 0 bridgehead atoms. The van der Waals surface area contributed by atoms with Gasteiger partial charge >= 0.3 is 5.97 Å². The van der Waals surface area contributed by atoms with Crippen molar-refractivity contribution in [1.29, 1.82) is 0 Å². The largest absolute Gasteiger partial charge is 0.480 e. The van der Waals surface area contributed by atoms with Crippen LogP contribution in [0.25, 0.3) is 0 Å². The molecule has 2 saturated carbocycles. The van der Waals surface area contributed by atoms with E-state index in [-0.39, 0.29) is 29.8 Å². The van der Waals surface area contributed by atoms with Crippen molar-refractivity contribution in [3.8, 4) is 0 Å². The van der Waals surface area contributed by atoms with Gasteiger partial charge in [0, 0.05) is 12.1 Å². The van der Waals surface area contributed by atoms with Crippen molar-refractivity contribution in [1.82, 2.24) is 9.62 Å². The molecule has 0 radical (unpaired) electrons. The fourth-order valence-electron chi connectivity index (χ4n) is 2.81. The lowest BCUT2D eigenvalue weighted by molar-refractivity contribution is -0.139. The van der Waals surface area contributed by atoms with E-state index in [9.17, 15) is 13.2 Å². The number of carbonyl (C=O) groups is 1. The molecule has 0 spiro atoms. The van der Waals surface area contributed by atoms with E-state index in [4.69, 9.17) is 5.11 Å². The molecular weight excluding hydrogens is 292 g/mol. The maximum Gasteiger partial charge on any atom is 0.317 e. The number of sulfonamides is 1. The first-order valence-electron chi connectivity index (χ1n) is 7.69. The van der Waals surface area contributed by atoms with Crippen LogP contribution in [0.4, 0.5) is 0 Å². The normalized spacial score (nSPS) is 27.4. The third-order valence-electron chi connectivity index (χ3n) is 4.80. The zero-order chi connectivity index (χ0) is 15.7. The lowest BCUT2D eigenvalue weighted by atomic mass is 9.86. The Bertz CT molecular complexity index is 481. The van der Waals surface area contributed by atoms with Crippen LogP contribution in [-0.4, -0.2) is 55.3 Å². The Labute approximate surface area is 126 Å². The molecule has 2 aliphatic carbocycles. The molecule has 0 aliphatic heterocycles. The van der Waals surface area contributed by atoms with Crippen molar-refractivity contribution in [2.24, 2.45) is 5.41 Å². The smallest absolute Gasteiger partial charge is 0.317 e. The number of likely N-dealkylation sites (N-methyl/N-ethyl adjacent to an activating group) is 1. The van der Waals surface area contributed by atoms with E-state index in [1.54, 1.807) is 0 Å². The van der Waals surface area contributed by atoms with Gasteiger partial charge in [-0.3, -0.25) is 9.69 Å². The van der Waals surface area contributed by atoms with Gasteiger partial charge in [0.25, 0.3) is 0 Å². The maximum absolute atomic E-state index is 12.0. The zero-order valence-electron chi connectivity index (χ0n) is 12.8. The molecule has 2 rings (SSSR count). The molecule has 122 valence electrons. The number of hydrogen-bond donors (Lipinski definition) is 2. The molecule has 2 fully saturated rings. The highest BCUT2D eigenvalue weighted by atomic mass is 32.2. The van der Waals surface area contributed by atoms with Gasteiger partial charge in [0.2, 0.25) is 10.0 Å². The number of nitrogens with zero attached hydrogens (tertiary/aromatic N) is 1. The highest BCUT2D eigenvalue weighted by Gasteiger charge is 2.39. The Morgan fingerprint density at radius 2 is 2.00 bits per heavy atom. The first kappa shape index (κ1) is 16.7. The monoisotopic (exact) mass is 318 g/mol. The minimum atomic E-state index is -3.20. The Hall–Kier alpha value is -0.660. The summed E-state index contributed by atoms with van der Waals surface area (Å²) in [6, 6.07) is 0.148. The summed E-state index contributed by atoms with van der Waals surface area (Å²) < 4.78 is 26.8. The van der Waals surface area contributed by atoms with Crippen LogP contribution in [0.2, 0.25) is 0 Å². The molecule has 2 N–H and O–H groups in total. The first-order chi connectivity index (χ1) is 9.73. The molecule has 0 saturated heterocycles. The van der Waals surface area contributed by atoms with E-state index < -0.39 is 16.0 Å². The summed E-state index contributed by atoms with van der Waals surface area (Å²) in [5.41, 5.74) is 0.247.